The molecule has 1 aromatic carbocycles. The zero-order valence-corrected chi connectivity index (χ0v) is 10.2. The molecule has 0 aromatic heterocycles. The van der Waals surface area contributed by atoms with Gasteiger partial charge in [-0.15, -0.1) is 0 Å². The second kappa shape index (κ2) is 5.35. The van der Waals surface area contributed by atoms with Gasteiger partial charge in [-0.05, 0) is 26.0 Å². The molecule has 0 amide bonds. The van der Waals surface area contributed by atoms with E-state index in [1.165, 1.54) is 0 Å². The normalized spacial score (nSPS) is 13.5. The average Bonchev–Trinajstić information content (AvgIpc) is 2.35. The van der Waals surface area contributed by atoms with Crippen molar-refractivity contribution >= 4 is 11.7 Å². The highest BCUT2D eigenvalue weighted by Gasteiger charge is 2.24. The molecule has 2 atom stereocenters. The zero-order valence-electron chi connectivity index (χ0n) is 10.2. The molecule has 1 rings (SSSR count). The fraction of sp³-hybridized carbons (Fsp3) is 0.385. The number of aliphatic carboxylic acids is 1. The Labute approximate surface area is 101 Å². The Morgan fingerprint density at radius 1 is 1.41 bits per heavy atom. The molecule has 0 radical (unpaired) electrons. The maximum absolute atomic E-state index is 10.9. The van der Waals surface area contributed by atoms with E-state index in [2.05, 4.69) is 6.07 Å². The molecule has 0 aliphatic rings. The summed E-state index contributed by atoms with van der Waals surface area (Å²) < 4.78 is 0. The minimum Gasteiger partial charge on any atom is -0.481 e. The topological polar surface area (TPSA) is 64.3 Å². The summed E-state index contributed by atoms with van der Waals surface area (Å²) in [6.45, 7) is 3.51. The number of para-hydroxylation sites is 1. The van der Waals surface area contributed by atoms with Crippen molar-refractivity contribution < 1.29 is 9.90 Å². The molecular formula is C13H16N2O2. The molecule has 0 saturated carbocycles. The van der Waals surface area contributed by atoms with Crippen molar-refractivity contribution in [3.63, 3.8) is 0 Å². The summed E-state index contributed by atoms with van der Waals surface area (Å²) in [5.74, 6) is -1.33. The Morgan fingerprint density at radius 3 is 2.53 bits per heavy atom. The molecular weight excluding hydrogens is 216 g/mol. The van der Waals surface area contributed by atoms with Crippen LogP contribution in [-0.4, -0.2) is 24.2 Å². The van der Waals surface area contributed by atoms with E-state index in [9.17, 15) is 4.79 Å². The Bertz CT molecular complexity index is 451. The highest BCUT2D eigenvalue weighted by Crippen LogP contribution is 2.23. The summed E-state index contributed by atoms with van der Waals surface area (Å²) >= 11 is 0. The van der Waals surface area contributed by atoms with Crippen LogP contribution in [0, 0.1) is 17.2 Å². The van der Waals surface area contributed by atoms with E-state index in [0.717, 1.165) is 5.69 Å². The number of hydrogen-bond donors (Lipinski definition) is 1. The molecule has 17 heavy (non-hydrogen) atoms. The van der Waals surface area contributed by atoms with Crippen molar-refractivity contribution in [2.24, 2.45) is 5.92 Å². The van der Waals surface area contributed by atoms with Crippen molar-refractivity contribution in [2.75, 3.05) is 11.9 Å². The monoisotopic (exact) mass is 232 g/mol. The summed E-state index contributed by atoms with van der Waals surface area (Å²) in [5, 5.41) is 18.0. The Morgan fingerprint density at radius 2 is 2.00 bits per heavy atom. The first-order chi connectivity index (χ1) is 7.99. The Kier molecular flexibility index (Phi) is 4.11. The third-order valence-corrected chi connectivity index (χ3v) is 3.13. The molecule has 0 saturated heterocycles. The lowest BCUT2D eigenvalue weighted by Gasteiger charge is -2.30. The van der Waals surface area contributed by atoms with Gasteiger partial charge in [0.05, 0.1) is 17.2 Å². The van der Waals surface area contributed by atoms with Crippen molar-refractivity contribution in [1.29, 1.82) is 5.26 Å². The molecule has 1 aromatic rings. The van der Waals surface area contributed by atoms with Gasteiger partial charge in [0.1, 0.15) is 6.07 Å². The van der Waals surface area contributed by atoms with Crippen LogP contribution in [0.15, 0.2) is 24.3 Å². The Balaban J connectivity index is 3.00. The van der Waals surface area contributed by atoms with Crippen LogP contribution in [0.3, 0.4) is 0 Å². The minimum atomic E-state index is -0.834. The van der Waals surface area contributed by atoms with Gasteiger partial charge in [0.2, 0.25) is 0 Å². The summed E-state index contributed by atoms with van der Waals surface area (Å²) in [6, 6.07) is 9.11. The highest BCUT2D eigenvalue weighted by atomic mass is 16.4. The Hall–Kier alpha value is -2.02. The van der Waals surface area contributed by atoms with Gasteiger partial charge in [-0.25, -0.2) is 0 Å². The fourth-order valence-corrected chi connectivity index (χ4v) is 1.64. The van der Waals surface area contributed by atoms with E-state index >= 15 is 0 Å². The number of anilines is 1. The average molecular weight is 232 g/mol. The first-order valence-corrected chi connectivity index (χ1v) is 5.43. The molecule has 90 valence electrons. The maximum Gasteiger partial charge on any atom is 0.308 e. The number of benzene rings is 1. The van der Waals surface area contributed by atoms with Gasteiger partial charge in [0, 0.05) is 13.1 Å². The number of nitrogens with zero attached hydrogens (tertiary/aromatic N) is 2. The van der Waals surface area contributed by atoms with Crippen LogP contribution in [0.5, 0.6) is 0 Å². The van der Waals surface area contributed by atoms with Crippen molar-refractivity contribution in [1.82, 2.24) is 0 Å². The SMILES string of the molecule is CC(C(=O)O)C(C)N(C)c1ccccc1C#N. The van der Waals surface area contributed by atoms with Crippen LogP contribution in [0.1, 0.15) is 19.4 Å². The molecule has 0 bridgehead atoms. The second-order valence-electron chi connectivity index (χ2n) is 4.11. The molecule has 0 aliphatic heterocycles. The van der Waals surface area contributed by atoms with Gasteiger partial charge >= 0.3 is 5.97 Å². The van der Waals surface area contributed by atoms with Crippen molar-refractivity contribution in [3.8, 4) is 6.07 Å². The number of carboxylic acids is 1. The maximum atomic E-state index is 10.9. The van der Waals surface area contributed by atoms with E-state index < -0.39 is 11.9 Å². The van der Waals surface area contributed by atoms with Gasteiger partial charge in [0.15, 0.2) is 0 Å². The molecule has 0 heterocycles. The number of carbonyl (C=O) groups is 1. The third-order valence-electron chi connectivity index (χ3n) is 3.13. The van der Waals surface area contributed by atoms with Gasteiger partial charge in [-0.3, -0.25) is 4.79 Å². The lowest BCUT2D eigenvalue weighted by molar-refractivity contribution is -0.141. The van der Waals surface area contributed by atoms with Crippen LogP contribution in [0.2, 0.25) is 0 Å². The number of rotatable bonds is 4. The number of carboxylic acid groups (broad SMARTS) is 1. The third kappa shape index (κ3) is 2.76. The summed E-state index contributed by atoms with van der Waals surface area (Å²) in [5.41, 5.74) is 1.31. The standard InChI is InChI=1S/C13H16N2O2/c1-9(13(16)17)10(2)15(3)12-7-5-4-6-11(12)8-14/h4-7,9-10H,1-3H3,(H,16,17). The smallest absolute Gasteiger partial charge is 0.308 e. The fourth-order valence-electron chi connectivity index (χ4n) is 1.64. The van der Waals surface area contributed by atoms with Gasteiger partial charge in [-0.1, -0.05) is 12.1 Å². The van der Waals surface area contributed by atoms with E-state index in [1.54, 1.807) is 26.1 Å². The first kappa shape index (κ1) is 13.0. The number of hydrogen-bond acceptors (Lipinski definition) is 3. The van der Waals surface area contributed by atoms with Crippen LogP contribution < -0.4 is 4.90 Å². The van der Waals surface area contributed by atoms with E-state index in [1.807, 2.05) is 24.0 Å². The summed E-state index contributed by atoms with van der Waals surface area (Å²) in [7, 11) is 1.81. The lowest BCUT2D eigenvalue weighted by Crippen LogP contribution is -2.38. The quantitative estimate of drug-likeness (QED) is 0.863. The molecule has 0 spiro atoms. The largest absolute Gasteiger partial charge is 0.481 e. The summed E-state index contributed by atoms with van der Waals surface area (Å²) in [6.07, 6.45) is 0. The molecule has 0 fully saturated rings. The van der Waals surface area contributed by atoms with Crippen LogP contribution in [0.4, 0.5) is 5.69 Å². The predicted molar refractivity (Wildman–Crippen MR) is 65.8 cm³/mol. The molecule has 4 heteroatoms. The molecule has 2 unspecified atom stereocenters. The first-order valence-electron chi connectivity index (χ1n) is 5.43. The van der Waals surface area contributed by atoms with E-state index in [0.29, 0.717) is 5.56 Å². The molecule has 4 nitrogen and oxygen atoms in total. The minimum absolute atomic E-state index is 0.179. The van der Waals surface area contributed by atoms with Gasteiger partial charge in [0.25, 0.3) is 0 Å². The number of nitriles is 1. The van der Waals surface area contributed by atoms with Crippen LogP contribution in [0.25, 0.3) is 0 Å². The zero-order chi connectivity index (χ0) is 13.0. The van der Waals surface area contributed by atoms with Crippen LogP contribution in [-0.2, 0) is 4.79 Å². The predicted octanol–water partition coefficient (Wildman–Crippen LogP) is 2.10. The van der Waals surface area contributed by atoms with Gasteiger partial charge in [-0.2, -0.15) is 5.26 Å². The van der Waals surface area contributed by atoms with Crippen LogP contribution >= 0.6 is 0 Å². The van der Waals surface area contributed by atoms with E-state index in [4.69, 9.17) is 10.4 Å². The van der Waals surface area contributed by atoms with Crippen molar-refractivity contribution in [2.45, 2.75) is 19.9 Å². The van der Waals surface area contributed by atoms with E-state index in [-0.39, 0.29) is 6.04 Å². The second-order valence-corrected chi connectivity index (χ2v) is 4.11. The van der Waals surface area contributed by atoms with Crippen molar-refractivity contribution in [3.05, 3.63) is 29.8 Å². The molecule has 0 aliphatic carbocycles. The summed E-state index contributed by atoms with van der Waals surface area (Å²) in [4.78, 5) is 12.8. The molecule has 1 N–H and O–H groups in total. The van der Waals surface area contributed by atoms with Gasteiger partial charge < -0.3 is 10.0 Å². The lowest BCUT2D eigenvalue weighted by atomic mass is 10.0. The highest BCUT2D eigenvalue weighted by molar-refractivity contribution is 5.71.